The molecule has 0 atom stereocenters. The van der Waals surface area contributed by atoms with Crippen LogP contribution in [0.5, 0.6) is 11.5 Å². The molecule has 1 aliphatic heterocycles. The Balaban J connectivity index is 1.32. The Kier molecular flexibility index (Phi) is 7.63. The molecule has 0 spiro atoms. The molecule has 1 fully saturated rings. The number of tetrazole rings is 1. The lowest BCUT2D eigenvalue weighted by Crippen LogP contribution is -2.27. The van der Waals surface area contributed by atoms with E-state index < -0.39 is 0 Å². The molecule has 0 aliphatic carbocycles. The van der Waals surface area contributed by atoms with Gasteiger partial charge in [-0.15, -0.1) is 5.10 Å². The normalized spacial score (nSPS) is 13.1. The third-order valence-electron chi connectivity index (χ3n) is 5.47. The van der Waals surface area contributed by atoms with Crippen molar-refractivity contribution in [3.8, 4) is 17.2 Å². The van der Waals surface area contributed by atoms with E-state index in [4.69, 9.17) is 9.47 Å². The molecule has 1 aromatic heterocycles. The topological polar surface area (TPSA) is 111 Å². The monoisotopic (exact) mass is 482 g/mol. The molecule has 0 unspecified atom stereocenters. The lowest BCUT2D eigenvalue weighted by atomic mass is 10.1. The van der Waals surface area contributed by atoms with Gasteiger partial charge >= 0.3 is 0 Å². The van der Waals surface area contributed by atoms with Crippen LogP contribution in [0.3, 0.4) is 0 Å². The van der Waals surface area contributed by atoms with Crippen LogP contribution >= 0.6 is 11.8 Å². The molecule has 2 heterocycles. The fourth-order valence-corrected chi connectivity index (χ4v) is 4.35. The number of benzene rings is 2. The smallest absolute Gasteiger partial charge is 0.253 e. The van der Waals surface area contributed by atoms with Gasteiger partial charge in [0.2, 0.25) is 11.1 Å². The summed E-state index contributed by atoms with van der Waals surface area (Å²) in [5.74, 6) is 1.25. The van der Waals surface area contributed by atoms with Crippen LogP contribution < -0.4 is 14.8 Å². The number of hydrogen-bond donors (Lipinski definition) is 1. The zero-order valence-electron chi connectivity index (χ0n) is 19.1. The van der Waals surface area contributed by atoms with E-state index in [1.54, 1.807) is 32.4 Å². The number of aromatic nitrogens is 4. The van der Waals surface area contributed by atoms with Gasteiger partial charge in [-0.1, -0.05) is 23.9 Å². The molecule has 0 bridgehead atoms. The molecule has 2 amide bonds. The minimum absolute atomic E-state index is 0.0647. The summed E-state index contributed by atoms with van der Waals surface area (Å²) < 4.78 is 12.2. The number of hydrogen-bond acceptors (Lipinski definition) is 8. The zero-order chi connectivity index (χ0) is 23.9. The molecular weight excluding hydrogens is 456 g/mol. The van der Waals surface area contributed by atoms with E-state index >= 15 is 0 Å². The van der Waals surface area contributed by atoms with Crippen molar-refractivity contribution >= 4 is 23.6 Å². The number of carbonyl (C=O) groups excluding carboxylic acids is 2. The molecule has 4 rings (SSSR count). The second-order valence-electron chi connectivity index (χ2n) is 7.67. The second-order valence-corrected chi connectivity index (χ2v) is 8.62. The van der Waals surface area contributed by atoms with Crippen molar-refractivity contribution in [1.82, 2.24) is 30.4 Å². The number of nitrogens with one attached hydrogen (secondary N) is 1. The maximum Gasteiger partial charge on any atom is 0.253 e. The summed E-state index contributed by atoms with van der Waals surface area (Å²) in [6.07, 6.45) is 2.13. The third kappa shape index (κ3) is 5.48. The van der Waals surface area contributed by atoms with Gasteiger partial charge in [0.05, 0.1) is 20.0 Å². The highest BCUT2D eigenvalue weighted by Crippen LogP contribution is 2.29. The van der Waals surface area contributed by atoms with E-state index in [0.29, 0.717) is 34.5 Å². The van der Waals surface area contributed by atoms with E-state index in [-0.39, 0.29) is 17.6 Å². The summed E-state index contributed by atoms with van der Waals surface area (Å²) in [5, 5.41) is 15.1. The number of carbonyl (C=O) groups is 2. The predicted molar refractivity (Wildman–Crippen MR) is 126 cm³/mol. The summed E-state index contributed by atoms with van der Waals surface area (Å²) in [4.78, 5) is 26.7. The van der Waals surface area contributed by atoms with Crippen LogP contribution in [0.1, 0.15) is 28.8 Å². The summed E-state index contributed by atoms with van der Waals surface area (Å²) >= 11 is 1.21. The number of thioether (sulfide) groups is 1. The molecule has 1 aliphatic rings. The van der Waals surface area contributed by atoms with Gasteiger partial charge in [0.15, 0.2) is 0 Å². The molecule has 0 saturated carbocycles. The minimum atomic E-state index is -0.158. The van der Waals surface area contributed by atoms with Gasteiger partial charge in [-0.3, -0.25) is 9.59 Å². The first-order valence-electron chi connectivity index (χ1n) is 10.9. The standard InChI is InChI=1S/C23H26N6O4S/c1-32-18-9-10-20(33-2)19(13-18)29-23(25-26-27-29)34-15-21(30)24-14-16-5-7-17(8-6-16)22(31)28-11-3-4-12-28/h5-10,13H,3-4,11-12,14-15H2,1-2H3,(H,24,30). The Morgan fingerprint density at radius 1 is 1.06 bits per heavy atom. The molecular formula is C23H26N6O4S. The van der Waals surface area contributed by atoms with Gasteiger partial charge in [-0.25, -0.2) is 0 Å². The zero-order valence-corrected chi connectivity index (χ0v) is 19.9. The van der Waals surface area contributed by atoms with Gasteiger partial charge in [0, 0.05) is 31.3 Å². The van der Waals surface area contributed by atoms with E-state index in [0.717, 1.165) is 31.5 Å². The van der Waals surface area contributed by atoms with Crippen LogP contribution in [0, 0.1) is 0 Å². The Morgan fingerprint density at radius 2 is 1.82 bits per heavy atom. The number of amides is 2. The fraction of sp³-hybridized carbons (Fsp3) is 0.348. The number of nitrogens with zero attached hydrogens (tertiary/aromatic N) is 5. The van der Waals surface area contributed by atoms with E-state index in [2.05, 4.69) is 20.8 Å². The van der Waals surface area contributed by atoms with E-state index in [1.807, 2.05) is 29.2 Å². The molecule has 3 aromatic rings. The molecule has 11 heteroatoms. The first-order valence-corrected chi connectivity index (χ1v) is 11.9. The number of ether oxygens (including phenoxy) is 2. The molecule has 1 N–H and O–H groups in total. The molecule has 0 radical (unpaired) electrons. The Morgan fingerprint density at radius 3 is 2.53 bits per heavy atom. The number of rotatable bonds is 9. The lowest BCUT2D eigenvalue weighted by Gasteiger charge is -2.15. The first-order chi connectivity index (χ1) is 16.6. The van der Waals surface area contributed by atoms with Crippen LogP contribution in [-0.2, 0) is 11.3 Å². The van der Waals surface area contributed by atoms with Crippen LogP contribution in [0.15, 0.2) is 47.6 Å². The average molecular weight is 483 g/mol. The fourth-order valence-electron chi connectivity index (χ4n) is 3.63. The van der Waals surface area contributed by atoms with Crippen molar-refractivity contribution in [2.45, 2.75) is 24.5 Å². The predicted octanol–water partition coefficient (Wildman–Crippen LogP) is 2.32. The van der Waals surface area contributed by atoms with Crippen LogP contribution in [-0.4, -0.2) is 70.0 Å². The molecule has 2 aromatic carbocycles. The molecule has 34 heavy (non-hydrogen) atoms. The number of methoxy groups -OCH3 is 2. The maximum atomic E-state index is 12.4. The van der Waals surface area contributed by atoms with Crippen molar-refractivity contribution < 1.29 is 19.1 Å². The summed E-state index contributed by atoms with van der Waals surface area (Å²) in [6.45, 7) is 2.01. The van der Waals surface area contributed by atoms with Crippen molar-refractivity contribution in [3.63, 3.8) is 0 Å². The Bertz CT molecular complexity index is 1140. The number of likely N-dealkylation sites (tertiary alicyclic amines) is 1. The van der Waals surface area contributed by atoms with Crippen LogP contribution in [0.4, 0.5) is 0 Å². The van der Waals surface area contributed by atoms with Crippen molar-refractivity contribution in [1.29, 1.82) is 0 Å². The minimum Gasteiger partial charge on any atom is -0.497 e. The third-order valence-corrected chi connectivity index (χ3v) is 6.39. The average Bonchev–Trinajstić information content (AvgIpc) is 3.58. The van der Waals surface area contributed by atoms with E-state index in [1.165, 1.54) is 16.4 Å². The first kappa shape index (κ1) is 23.6. The molecule has 1 saturated heterocycles. The van der Waals surface area contributed by atoms with Gasteiger partial charge < -0.3 is 19.7 Å². The highest BCUT2D eigenvalue weighted by Gasteiger charge is 2.19. The molecule has 178 valence electrons. The highest BCUT2D eigenvalue weighted by atomic mass is 32.2. The van der Waals surface area contributed by atoms with Gasteiger partial charge in [0.25, 0.3) is 5.91 Å². The van der Waals surface area contributed by atoms with Crippen LogP contribution in [0.25, 0.3) is 5.69 Å². The Hall–Kier alpha value is -3.60. The van der Waals surface area contributed by atoms with Crippen molar-refractivity contribution in [3.05, 3.63) is 53.6 Å². The largest absolute Gasteiger partial charge is 0.497 e. The molecule has 10 nitrogen and oxygen atoms in total. The maximum absolute atomic E-state index is 12.4. The lowest BCUT2D eigenvalue weighted by molar-refractivity contribution is -0.118. The van der Waals surface area contributed by atoms with Gasteiger partial charge in [-0.2, -0.15) is 4.68 Å². The summed E-state index contributed by atoms with van der Waals surface area (Å²) in [5.41, 5.74) is 2.20. The summed E-state index contributed by atoms with van der Waals surface area (Å²) in [6, 6.07) is 12.7. The van der Waals surface area contributed by atoms with Crippen molar-refractivity contribution in [2.75, 3.05) is 33.1 Å². The SMILES string of the molecule is COc1ccc(OC)c(-n2nnnc2SCC(=O)NCc2ccc(C(=O)N3CCCC3)cc2)c1. The van der Waals surface area contributed by atoms with Crippen molar-refractivity contribution in [2.24, 2.45) is 0 Å². The quantitative estimate of drug-likeness (QED) is 0.463. The van der Waals surface area contributed by atoms with Crippen LogP contribution in [0.2, 0.25) is 0 Å². The van der Waals surface area contributed by atoms with Gasteiger partial charge in [0.1, 0.15) is 17.2 Å². The van der Waals surface area contributed by atoms with Gasteiger partial charge in [-0.05, 0) is 53.1 Å². The highest BCUT2D eigenvalue weighted by molar-refractivity contribution is 7.99. The van der Waals surface area contributed by atoms with E-state index in [9.17, 15) is 9.59 Å². The summed E-state index contributed by atoms with van der Waals surface area (Å²) in [7, 11) is 3.13. The second kappa shape index (κ2) is 11.0. The Labute approximate surface area is 201 Å².